The van der Waals surface area contributed by atoms with E-state index in [1.165, 1.54) is 16.6 Å². The first-order chi connectivity index (χ1) is 15.3. The van der Waals surface area contributed by atoms with Gasteiger partial charge in [0.15, 0.2) is 5.65 Å². The fourth-order valence-electron chi connectivity index (χ4n) is 3.59. The normalized spacial score (nSPS) is 11.8. The number of nitrogens with zero attached hydrogens (tertiary/aromatic N) is 4. The van der Waals surface area contributed by atoms with E-state index in [1.807, 2.05) is 37.3 Å². The molecular formula is C23H18FN5O2S. The molecule has 1 N–H and O–H groups in total. The van der Waals surface area contributed by atoms with Gasteiger partial charge in [0.05, 0.1) is 10.4 Å². The van der Waals surface area contributed by atoms with Gasteiger partial charge in [-0.1, -0.05) is 29.5 Å². The van der Waals surface area contributed by atoms with E-state index < -0.39 is 9.84 Å². The Hall–Kier alpha value is -3.85. The number of sulfone groups is 1. The molecule has 5 rings (SSSR count). The van der Waals surface area contributed by atoms with Crippen LogP contribution >= 0.6 is 0 Å². The van der Waals surface area contributed by atoms with Crippen molar-refractivity contribution in [3.05, 3.63) is 83.7 Å². The Morgan fingerprint density at radius 3 is 2.50 bits per heavy atom. The number of nitrogens with one attached hydrogen (secondary N) is 1. The van der Waals surface area contributed by atoms with Gasteiger partial charge in [-0.05, 0) is 67.4 Å². The second kappa shape index (κ2) is 7.38. The molecule has 0 amide bonds. The number of hydrogen-bond donors (Lipinski definition) is 1. The van der Waals surface area contributed by atoms with Gasteiger partial charge < -0.3 is 5.32 Å². The quantitative estimate of drug-likeness (QED) is 0.433. The van der Waals surface area contributed by atoms with E-state index >= 15 is 0 Å². The van der Waals surface area contributed by atoms with Gasteiger partial charge in [0, 0.05) is 11.1 Å². The Labute approximate surface area is 183 Å². The van der Waals surface area contributed by atoms with Crippen molar-refractivity contribution in [1.29, 1.82) is 0 Å². The fraction of sp³-hybridized carbons (Fsp3) is 0.0870. The minimum absolute atomic E-state index is 0.106. The predicted octanol–water partition coefficient (Wildman–Crippen LogP) is 4.61. The molecule has 2 heterocycles. The average Bonchev–Trinajstić information content (AvgIpc) is 3.22. The van der Waals surface area contributed by atoms with Crippen LogP contribution in [0, 0.1) is 19.7 Å². The molecular weight excluding hydrogens is 429 g/mol. The monoisotopic (exact) mass is 447 g/mol. The van der Waals surface area contributed by atoms with E-state index in [2.05, 4.69) is 20.6 Å². The van der Waals surface area contributed by atoms with E-state index in [1.54, 1.807) is 31.2 Å². The number of anilines is 2. The molecule has 5 aromatic rings. The van der Waals surface area contributed by atoms with Crippen molar-refractivity contribution >= 4 is 37.9 Å². The van der Waals surface area contributed by atoms with Crippen LogP contribution in [0.3, 0.4) is 0 Å². The minimum Gasteiger partial charge on any atom is -0.340 e. The molecule has 0 aliphatic carbocycles. The summed E-state index contributed by atoms with van der Waals surface area (Å²) in [7, 11) is -3.97. The molecule has 0 radical (unpaired) electrons. The lowest BCUT2D eigenvalue weighted by atomic mass is 10.2. The lowest BCUT2D eigenvalue weighted by Gasteiger charge is -2.11. The highest BCUT2D eigenvalue weighted by Crippen LogP contribution is 2.30. The van der Waals surface area contributed by atoms with Crippen molar-refractivity contribution in [2.45, 2.75) is 23.8 Å². The third-order valence-electron chi connectivity index (χ3n) is 5.22. The average molecular weight is 447 g/mol. The van der Waals surface area contributed by atoms with Crippen molar-refractivity contribution in [2.24, 2.45) is 0 Å². The smallest absolute Gasteiger partial charge is 0.229 e. The van der Waals surface area contributed by atoms with Crippen LogP contribution in [0.15, 0.2) is 76.7 Å². The Morgan fingerprint density at radius 1 is 0.969 bits per heavy atom. The van der Waals surface area contributed by atoms with Crippen LogP contribution in [0.2, 0.25) is 0 Å². The molecule has 2 aromatic heterocycles. The third kappa shape index (κ3) is 3.27. The van der Waals surface area contributed by atoms with Gasteiger partial charge >= 0.3 is 0 Å². The van der Waals surface area contributed by atoms with Gasteiger partial charge in [-0.3, -0.25) is 0 Å². The van der Waals surface area contributed by atoms with E-state index in [0.717, 1.165) is 5.56 Å². The van der Waals surface area contributed by atoms with Crippen LogP contribution in [-0.2, 0) is 9.84 Å². The summed E-state index contributed by atoms with van der Waals surface area (Å²) in [6.45, 7) is 3.57. The Morgan fingerprint density at radius 2 is 1.72 bits per heavy atom. The maximum absolute atomic E-state index is 13.5. The molecule has 0 aliphatic heterocycles. The molecule has 0 aliphatic rings. The standard InChI is InChI=1S/C23H18FN5O2S/c1-14-7-8-15(2)20(13-14)32(30,31)23-22-26-21(25-17-11-9-16(24)10-12-17)18-5-3-4-6-19(18)29(22)28-27-23/h3-13H,1-2H3,(H,25,26). The Bertz CT molecular complexity index is 1590. The van der Waals surface area contributed by atoms with E-state index in [4.69, 9.17) is 0 Å². The number of benzene rings is 3. The topological polar surface area (TPSA) is 89.2 Å². The number of hydrogen-bond acceptors (Lipinski definition) is 6. The lowest BCUT2D eigenvalue weighted by molar-refractivity contribution is 0.592. The van der Waals surface area contributed by atoms with Crippen molar-refractivity contribution in [1.82, 2.24) is 19.8 Å². The van der Waals surface area contributed by atoms with Gasteiger partial charge in [-0.15, -0.1) is 5.10 Å². The SMILES string of the molecule is Cc1ccc(C)c(S(=O)(=O)c2nnn3c2nc(Nc2ccc(F)cc2)c2ccccc23)c1. The molecule has 7 nitrogen and oxygen atoms in total. The summed E-state index contributed by atoms with van der Waals surface area (Å²) in [5, 5.41) is 11.8. The highest BCUT2D eigenvalue weighted by molar-refractivity contribution is 7.91. The summed E-state index contributed by atoms with van der Waals surface area (Å²) in [6, 6.07) is 18.4. The van der Waals surface area contributed by atoms with Gasteiger partial charge in [-0.25, -0.2) is 17.8 Å². The van der Waals surface area contributed by atoms with E-state index in [-0.39, 0.29) is 21.4 Å². The van der Waals surface area contributed by atoms with Crippen LogP contribution in [0.5, 0.6) is 0 Å². The first-order valence-corrected chi connectivity index (χ1v) is 11.3. The highest BCUT2D eigenvalue weighted by atomic mass is 32.2. The molecule has 32 heavy (non-hydrogen) atoms. The number of para-hydroxylation sites is 1. The molecule has 0 bridgehead atoms. The largest absolute Gasteiger partial charge is 0.340 e. The number of halogens is 1. The summed E-state index contributed by atoms with van der Waals surface area (Å²) in [5.41, 5.74) is 2.79. The maximum atomic E-state index is 13.5. The van der Waals surface area contributed by atoms with Gasteiger partial charge in [0.2, 0.25) is 14.9 Å². The van der Waals surface area contributed by atoms with Crippen LogP contribution in [0.1, 0.15) is 11.1 Å². The van der Waals surface area contributed by atoms with E-state index in [0.29, 0.717) is 28.0 Å². The summed E-state index contributed by atoms with van der Waals surface area (Å²) < 4.78 is 41.8. The summed E-state index contributed by atoms with van der Waals surface area (Å²) in [5.74, 6) is 0.0603. The molecule has 0 saturated carbocycles. The van der Waals surface area contributed by atoms with Crippen molar-refractivity contribution in [2.75, 3.05) is 5.32 Å². The first kappa shape index (κ1) is 20.1. The number of rotatable bonds is 4. The first-order valence-electron chi connectivity index (χ1n) is 9.84. The molecule has 3 aromatic carbocycles. The minimum atomic E-state index is -3.97. The predicted molar refractivity (Wildman–Crippen MR) is 119 cm³/mol. The highest BCUT2D eigenvalue weighted by Gasteiger charge is 2.28. The zero-order valence-electron chi connectivity index (χ0n) is 17.2. The Balaban J connectivity index is 1.75. The van der Waals surface area contributed by atoms with Crippen molar-refractivity contribution in [3.8, 4) is 0 Å². The zero-order valence-corrected chi connectivity index (χ0v) is 18.1. The van der Waals surface area contributed by atoms with Crippen LogP contribution in [0.25, 0.3) is 16.6 Å². The second-order valence-corrected chi connectivity index (χ2v) is 9.35. The van der Waals surface area contributed by atoms with Gasteiger partial charge in [0.25, 0.3) is 0 Å². The molecule has 0 spiro atoms. The molecule has 0 unspecified atom stereocenters. The van der Waals surface area contributed by atoms with E-state index in [9.17, 15) is 12.8 Å². The molecule has 0 atom stereocenters. The van der Waals surface area contributed by atoms with Gasteiger partial charge in [-0.2, -0.15) is 4.52 Å². The fourth-order valence-corrected chi connectivity index (χ4v) is 5.14. The van der Waals surface area contributed by atoms with Crippen LogP contribution < -0.4 is 5.32 Å². The molecule has 0 saturated heterocycles. The molecule has 160 valence electrons. The maximum Gasteiger partial charge on any atom is 0.229 e. The third-order valence-corrected chi connectivity index (χ3v) is 7.01. The van der Waals surface area contributed by atoms with Crippen LogP contribution in [-0.4, -0.2) is 28.2 Å². The summed E-state index contributed by atoms with van der Waals surface area (Å²) in [4.78, 5) is 4.75. The van der Waals surface area contributed by atoms with Crippen LogP contribution in [0.4, 0.5) is 15.9 Å². The lowest BCUT2D eigenvalue weighted by Crippen LogP contribution is -2.07. The number of aromatic nitrogens is 4. The zero-order chi connectivity index (χ0) is 22.5. The number of fused-ring (bicyclic) bond motifs is 3. The molecule has 9 heteroatoms. The Kier molecular flexibility index (Phi) is 4.63. The summed E-state index contributed by atoms with van der Waals surface area (Å²) >= 11 is 0. The van der Waals surface area contributed by atoms with Crippen molar-refractivity contribution < 1.29 is 12.8 Å². The molecule has 0 fully saturated rings. The van der Waals surface area contributed by atoms with Crippen molar-refractivity contribution in [3.63, 3.8) is 0 Å². The second-order valence-electron chi connectivity index (χ2n) is 7.51. The summed E-state index contributed by atoms with van der Waals surface area (Å²) in [6.07, 6.45) is 0. The van der Waals surface area contributed by atoms with Gasteiger partial charge in [0.1, 0.15) is 11.6 Å². The number of aryl methyl sites for hydroxylation is 2.